The van der Waals surface area contributed by atoms with E-state index < -0.39 is 0 Å². The molecule has 7 nitrogen and oxygen atoms in total. The molecule has 3 aromatic rings. The first-order valence-electron chi connectivity index (χ1n) is 11.8. The summed E-state index contributed by atoms with van der Waals surface area (Å²) in [6.45, 7) is 11.8. The summed E-state index contributed by atoms with van der Waals surface area (Å²) in [5, 5.41) is 1.77. The van der Waals surface area contributed by atoms with Crippen LogP contribution >= 0.6 is 11.6 Å². The van der Waals surface area contributed by atoms with Crippen LogP contribution in [0, 0.1) is 5.92 Å². The number of benzene rings is 1. The molecule has 4 heterocycles. The van der Waals surface area contributed by atoms with E-state index in [4.69, 9.17) is 21.6 Å². The molecular formula is C25H31ClN6O. The molecule has 2 saturated heterocycles. The highest BCUT2D eigenvalue weighted by atomic mass is 35.5. The summed E-state index contributed by atoms with van der Waals surface area (Å²) in [5.74, 6) is 1.16. The standard InChI is InChI=1S/C25H31ClN6O/c1-16(2)25(33)31-13-17(3)30(12-18(31)4)23-22-21(29-9-6-10-29)14-32(24(22)28-15-27-23)20-8-5-7-19(26)11-20/h5,7-8,11,14-18H,6,9-10,12-13H2,1-4H3/t17-,18+/m0/s1. The molecule has 1 amide bonds. The van der Waals surface area contributed by atoms with Gasteiger partial charge in [0.1, 0.15) is 12.1 Å². The van der Waals surface area contributed by atoms with Crippen molar-refractivity contribution in [2.75, 3.05) is 36.0 Å². The Kier molecular flexibility index (Phi) is 5.69. The van der Waals surface area contributed by atoms with Crippen LogP contribution in [0.3, 0.4) is 0 Å². The summed E-state index contributed by atoms with van der Waals surface area (Å²) in [4.78, 5) is 29.0. The first-order valence-corrected chi connectivity index (χ1v) is 12.2. The molecule has 33 heavy (non-hydrogen) atoms. The van der Waals surface area contributed by atoms with E-state index >= 15 is 0 Å². The Morgan fingerprint density at radius 1 is 1.12 bits per heavy atom. The lowest BCUT2D eigenvalue weighted by Gasteiger charge is -2.45. The molecule has 2 aromatic heterocycles. The highest BCUT2D eigenvalue weighted by Crippen LogP contribution is 2.39. The van der Waals surface area contributed by atoms with E-state index in [0.29, 0.717) is 11.6 Å². The second-order valence-electron chi connectivity index (χ2n) is 9.60. The SMILES string of the molecule is CC(C)C(=O)N1C[C@H](C)N(c2ncnc3c2c(N2CCC2)cn3-c2cccc(Cl)c2)C[C@H]1C. The third-order valence-electron chi connectivity index (χ3n) is 6.86. The molecule has 2 fully saturated rings. The predicted molar refractivity (Wildman–Crippen MR) is 134 cm³/mol. The van der Waals surface area contributed by atoms with E-state index in [1.54, 1.807) is 6.33 Å². The lowest BCUT2D eigenvalue weighted by Crippen LogP contribution is -2.59. The normalized spacial score (nSPS) is 21.1. The van der Waals surface area contributed by atoms with E-state index in [-0.39, 0.29) is 23.9 Å². The second kappa shape index (κ2) is 8.52. The molecule has 8 heteroatoms. The topological polar surface area (TPSA) is 57.5 Å². The van der Waals surface area contributed by atoms with Gasteiger partial charge in [0.15, 0.2) is 5.65 Å². The Hall–Kier alpha value is -2.80. The van der Waals surface area contributed by atoms with E-state index in [9.17, 15) is 4.79 Å². The van der Waals surface area contributed by atoms with Crippen LogP contribution in [0.1, 0.15) is 34.1 Å². The average Bonchev–Trinajstić information content (AvgIpc) is 3.13. The molecule has 0 bridgehead atoms. The van der Waals surface area contributed by atoms with Crippen LogP contribution in [0.2, 0.25) is 5.02 Å². The summed E-state index contributed by atoms with van der Waals surface area (Å²) in [5.41, 5.74) is 3.02. The maximum absolute atomic E-state index is 12.7. The van der Waals surface area contributed by atoms with Gasteiger partial charge in [0.25, 0.3) is 0 Å². The number of hydrogen-bond acceptors (Lipinski definition) is 5. The monoisotopic (exact) mass is 466 g/mol. The van der Waals surface area contributed by atoms with Crippen molar-refractivity contribution in [2.45, 2.75) is 46.2 Å². The van der Waals surface area contributed by atoms with Gasteiger partial charge >= 0.3 is 0 Å². The molecular weight excluding hydrogens is 436 g/mol. The van der Waals surface area contributed by atoms with E-state index in [1.165, 1.54) is 6.42 Å². The second-order valence-corrected chi connectivity index (χ2v) is 10.0. The van der Waals surface area contributed by atoms with Crippen molar-refractivity contribution in [3.05, 3.63) is 41.8 Å². The van der Waals surface area contributed by atoms with Crippen molar-refractivity contribution < 1.29 is 4.79 Å². The molecule has 0 radical (unpaired) electrons. The fourth-order valence-electron chi connectivity index (χ4n) is 4.92. The van der Waals surface area contributed by atoms with E-state index in [2.05, 4.69) is 34.4 Å². The van der Waals surface area contributed by atoms with Crippen LogP contribution in [0.15, 0.2) is 36.8 Å². The van der Waals surface area contributed by atoms with Gasteiger partial charge in [-0.05, 0) is 38.5 Å². The maximum Gasteiger partial charge on any atom is 0.225 e. The minimum atomic E-state index is 0.00158. The van der Waals surface area contributed by atoms with Crippen molar-refractivity contribution in [1.82, 2.24) is 19.4 Å². The molecule has 2 atom stereocenters. The van der Waals surface area contributed by atoms with Crippen molar-refractivity contribution in [1.29, 1.82) is 0 Å². The quantitative estimate of drug-likeness (QED) is 0.571. The molecule has 0 N–H and O–H groups in total. The Balaban J connectivity index is 1.60. The highest BCUT2D eigenvalue weighted by Gasteiger charge is 2.35. The number of amides is 1. The van der Waals surface area contributed by atoms with Crippen molar-refractivity contribution in [2.24, 2.45) is 5.92 Å². The average molecular weight is 467 g/mol. The molecule has 2 aliphatic heterocycles. The number of hydrogen-bond donors (Lipinski definition) is 0. The number of piperazine rings is 1. The zero-order valence-electron chi connectivity index (χ0n) is 19.7. The predicted octanol–water partition coefficient (Wildman–Crippen LogP) is 4.37. The Labute approximate surface area is 200 Å². The number of aromatic nitrogens is 3. The van der Waals surface area contributed by atoms with E-state index in [1.807, 2.05) is 43.0 Å². The number of carbonyl (C=O) groups excluding carboxylic acids is 1. The van der Waals surface area contributed by atoms with Gasteiger partial charge in [-0.1, -0.05) is 31.5 Å². The van der Waals surface area contributed by atoms with Gasteiger partial charge in [-0.3, -0.25) is 9.36 Å². The Morgan fingerprint density at radius 3 is 2.58 bits per heavy atom. The minimum Gasteiger partial charge on any atom is -0.369 e. The Bertz CT molecular complexity index is 1190. The van der Waals surface area contributed by atoms with Gasteiger partial charge in [-0.25, -0.2) is 9.97 Å². The molecule has 174 valence electrons. The maximum atomic E-state index is 12.7. The molecule has 2 aliphatic rings. The smallest absolute Gasteiger partial charge is 0.225 e. The summed E-state index contributed by atoms with van der Waals surface area (Å²) in [6, 6.07) is 8.12. The van der Waals surface area contributed by atoms with Crippen molar-refractivity contribution in [3.63, 3.8) is 0 Å². The minimum absolute atomic E-state index is 0.00158. The number of fused-ring (bicyclic) bond motifs is 1. The van der Waals surface area contributed by atoms with Crippen molar-refractivity contribution >= 4 is 40.0 Å². The first-order chi connectivity index (χ1) is 15.8. The van der Waals surface area contributed by atoms with Crippen LogP contribution in [0.4, 0.5) is 11.5 Å². The van der Waals surface area contributed by atoms with Gasteiger partial charge in [-0.2, -0.15) is 0 Å². The van der Waals surface area contributed by atoms with Crippen LogP contribution in [0.25, 0.3) is 16.7 Å². The zero-order valence-corrected chi connectivity index (χ0v) is 20.5. The summed E-state index contributed by atoms with van der Waals surface area (Å²) >= 11 is 6.31. The van der Waals surface area contributed by atoms with Gasteiger partial charge in [0.2, 0.25) is 5.91 Å². The lowest BCUT2D eigenvalue weighted by molar-refractivity contribution is -0.137. The molecule has 1 aromatic carbocycles. The number of carbonyl (C=O) groups is 1. The zero-order chi connectivity index (χ0) is 23.3. The van der Waals surface area contributed by atoms with Crippen molar-refractivity contribution in [3.8, 4) is 5.69 Å². The third kappa shape index (κ3) is 3.82. The third-order valence-corrected chi connectivity index (χ3v) is 7.10. The summed E-state index contributed by atoms with van der Waals surface area (Å²) in [6.07, 6.45) is 5.01. The number of anilines is 2. The highest BCUT2D eigenvalue weighted by molar-refractivity contribution is 6.30. The lowest BCUT2D eigenvalue weighted by atomic mass is 10.0. The fourth-order valence-corrected chi connectivity index (χ4v) is 5.11. The van der Waals surface area contributed by atoms with Gasteiger partial charge in [0, 0.05) is 61.1 Å². The van der Waals surface area contributed by atoms with Gasteiger partial charge in [0.05, 0.1) is 11.1 Å². The number of halogens is 1. The Morgan fingerprint density at radius 2 is 1.91 bits per heavy atom. The van der Waals surface area contributed by atoms with Crippen LogP contribution in [-0.2, 0) is 4.79 Å². The molecule has 0 aliphatic carbocycles. The first kappa shape index (κ1) is 22.0. The van der Waals surface area contributed by atoms with E-state index in [0.717, 1.165) is 47.9 Å². The van der Waals surface area contributed by atoms with Crippen LogP contribution < -0.4 is 9.80 Å². The molecule has 0 spiro atoms. The largest absolute Gasteiger partial charge is 0.369 e. The number of rotatable bonds is 4. The molecule has 0 unspecified atom stereocenters. The van der Waals surface area contributed by atoms with Crippen LogP contribution in [-0.4, -0.2) is 63.6 Å². The van der Waals surface area contributed by atoms with Crippen LogP contribution in [0.5, 0.6) is 0 Å². The van der Waals surface area contributed by atoms with Gasteiger partial charge < -0.3 is 14.7 Å². The number of nitrogens with zero attached hydrogens (tertiary/aromatic N) is 6. The summed E-state index contributed by atoms with van der Waals surface area (Å²) in [7, 11) is 0. The molecule has 0 saturated carbocycles. The fraction of sp³-hybridized carbons (Fsp3) is 0.480. The molecule has 5 rings (SSSR count). The summed E-state index contributed by atoms with van der Waals surface area (Å²) < 4.78 is 2.12. The van der Waals surface area contributed by atoms with Gasteiger partial charge in [-0.15, -0.1) is 0 Å².